The lowest BCUT2D eigenvalue weighted by Gasteiger charge is -2.28. The summed E-state index contributed by atoms with van der Waals surface area (Å²) in [6.07, 6.45) is 3.10. The molecule has 0 bridgehead atoms. The molecule has 2 heterocycles. The number of piperidine rings is 1. The minimum Gasteiger partial charge on any atom is -0.355 e. The Bertz CT molecular complexity index is 906. The molecule has 8 nitrogen and oxygen atoms in total. The highest BCUT2D eigenvalue weighted by Crippen LogP contribution is 2.26. The van der Waals surface area contributed by atoms with E-state index in [0.717, 1.165) is 5.56 Å². The largest absolute Gasteiger partial charge is 0.355 e. The second-order valence-corrected chi connectivity index (χ2v) is 8.87. The van der Waals surface area contributed by atoms with Crippen LogP contribution in [0.1, 0.15) is 36.0 Å². The van der Waals surface area contributed by atoms with E-state index in [0.29, 0.717) is 50.6 Å². The molecule has 0 atom stereocenters. The Hall–Kier alpha value is -2.33. The van der Waals surface area contributed by atoms with Crippen LogP contribution in [-0.4, -0.2) is 54.7 Å². The summed E-state index contributed by atoms with van der Waals surface area (Å²) in [6, 6.07) is 5.80. The van der Waals surface area contributed by atoms with Crippen molar-refractivity contribution in [3.63, 3.8) is 0 Å². The van der Waals surface area contributed by atoms with Gasteiger partial charge in [0.2, 0.25) is 21.8 Å². The van der Waals surface area contributed by atoms with Crippen molar-refractivity contribution in [2.75, 3.05) is 25.9 Å². The first-order valence-electron chi connectivity index (χ1n) is 9.10. The molecule has 1 N–H and O–H groups in total. The molecule has 0 saturated carbocycles. The van der Waals surface area contributed by atoms with Crippen LogP contribution in [0.25, 0.3) is 0 Å². The number of hydrogen-bond donors (Lipinski definition) is 1. The molecule has 3 rings (SSSR count). The van der Waals surface area contributed by atoms with E-state index in [4.69, 9.17) is 4.52 Å². The average Bonchev–Trinajstić information content (AvgIpc) is 3.12. The molecule has 0 spiro atoms. The number of amides is 1. The van der Waals surface area contributed by atoms with Crippen molar-refractivity contribution in [1.29, 1.82) is 0 Å². The summed E-state index contributed by atoms with van der Waals surface area (Å²) in [6.45, 7) is 1.26. The lowest BCUT2D eigenvalue weighted by Crippen LogP contribution is -2.37. The maximum Gasteiger partial charge on any atom is 0.228 e. The van der Waals surface area contributed by atoms with Crippen molar-refractivity contribution in [2.45, 2.75) is 31.6 Å². The molecule has 0 radical (unpaired) electrons. The molecule has 10 heteroatoms. The van der Waals surface area contributed by atoms with E-state index in [1.54, 1.807) is 12.1 Å². The van der Waals surface area contributed by atoms with Crippen LogP contribution < -0.4 is 5.32 Å². The molecule has 1 fully saturated rings. The number of nitrogens with zero attached hydrogens (tertiary/aromatic N) is 3. The van der Waals surface area contributed by atoms with Crippen molar-refractivity contribution in [1.82, 2.24) is 19.8 Å². The van der Waals surface area contributed by atoms with Crippen LogP contribution in [0, 0.1) is 5.82 Å². The zero-order valence-corrected chi connectivity index (χ0v) is 16.4. The van der Waals surface area contributed by atoms with Gasteiger partial charge in [-0.1, -0.05) is 17.3 Å². The van der Waals surface area contributed by atoms with Crippen LogP contribution in [0.2, 0.25) is 0 Å². The number of rotatable bonds is 7. The maximum atomic E-state index is 12.9. The minimum absolute atomic E-state index is 0.0727. The fourth-order valence-corrected chi connectivity index (χ4v) is 4.01. The van der Waals surface area contributed by atoms with Crippen LogP contribution >= 0.6 is 0 Å². The van der Waals surface area contributed by atoms with Crippen LogP contribution in [0.4, 0.5) is 4.39 Å². The van der Waals surface area contributed by atoms with Gasteiger partial charge in [0.15, 0.2) is 5.82 Å². The second-order valence-electron chi connectivity index (χ2n) is 6.89. The van der Waals surface area contributed by atoms with Gasteiger partial charge in [0.1, 0.15) is 5.82 Å². The highest BCUT2D eigenvalue weighted by molar-refractivity contribution is 7.88. The molecule has 0 aliphatic carbocycles. The lowest BCUT2D eigenvalue weighted by molar-refractivity contribution is -0.120. The van der Waals surface area contributed by atoms with Crippen molar-refractivity contribution < 1.29 is 22.1 Å². The van der Waals surface area contributed by atoms with Crippen molar-refractivity contribution >= 4 is 15.9 Å². The Labute approximate surface area is 163 Å². The summed E-state index contributed by atoms with van der Waals surface area (Å²) in [5, 5.41) is 6.77. The number of benzene rings is 1. The fraction of sp³-hybridized carbons (Fsp3) is 0.500. The van der Waals surface area contributed by atoms with Gasteiger partial charge in [0.05, 0.1) is 12.7 Å². The first kappa shape index (κ1) is 20.4. The smallest absolute Gasteiger partial charge is 0.228 e. The number of carbonyl (C=O) groups is 1. The van der Waals surface area contributed by atoms with E-state index >= 15 is 0 Å². The fourth-order valence-electron chi connectivity index (χ4n) is 3.14. The molecule has 152 valence electrons. The third-order valence-corrected chi connectivity index (χ3v) is 6.01. The van der Waals surface area contributed by atoms with Gasteiger partial charge in [0, 0.05) is 32.0 Å². The van der Waals surface area contributed by atoms with Crippen molar-refractivity contribution in [2.24, 2.45) is 0 Å². The Kier molecular flexibility index (Phi) is 6.40. The van der Waals surface area contributed by atoms with Crippen LogP contribution in [0.3, 0.4) is 0 Å². The van der Waals surface area contributed by atoms with Gasteiger partial charge in [-0.3, -0.25) is 4.79 Å². The van der Waals surface area contributed by atoms with Gasteiger partial charge >= 0.3 is 0 Å². The molecule has 1 aliphatic rings. The van der Waals surface area contributed by atoms with E-state index in [2.05, 4.69) is 15.5 Å². The third-order valence-electron chi connectivity index (χ3n) is 4.71. The first-order chi connectivity index (χ1) is 13.3. The molecule has 1 saturated heterocycles. The van der Waals surface area contributed by atoms with E-state index in [1.807, 2.05) is 0 Å². The molecule has 1 aliphatic heterocycles. The van der Waals surface area contributed by atoms with Gasteiger partial charge in [-0.25, -0.2) is 17.1 Å². The first-order valence-corrected chi connectivity index (χ1v) is 10.9. The molecule has 1 aromatic heterocycles. The Morgan fingerprint density at radius 1 is 1.29 bits per heavy atom. The standard InChI is InChI=1S/C18H23FN4O4S/c1-28(25,26)23-10-7-14(8-11-23)18-21-17(27-22-18)6-9-20-16(24)12-13-2-4-15(19)5-3-13/h2-5,14H,6-12H2,1H3,(H,20,24). The Morgan fingerprint density at radius 2 is 1.96 bits per heavy atom. The van der Waals surface area contributed by atoms with Crippen LogP contribution in [-0.2, 0) is 27.7 Å². The quantitative estimate of drug-likeness (QED) is 0.737. The maximum absolute atomic E-state index is 12.9. The topological polar surface area (TPSA) is 105 Å². The predicted molar refractivity (Wildman–Crippen MR) is 99.5 cm³/mol. The van der Waals surface area contributed by atoms with E-state index in [9.17, 15) is 17.6 Å². The van der Waals surface area contributed by atoms with E-state index in [1.165, 1.54) is 22.7 Å². The van der Waals surface area contributed by atoms with Crippen LogP contribution in [0.15, 0.2) is 28.8 Å². The van der Waals surface area contributed by atoms with Gasteiger partial charge in [0.25, 0.3) is 0 Å². The zero-order valence-electron chi connectivity index (χ0n) is 15.6. The van der Waals surface area contributed by atoms with Crippen molar-refractivity contribution in [3.8, 4) is 0 Å². The summed E-state index contributed by atoms with van der Waals surface area (Å²) in [7, 11) is -3.16. The van der Waals surface area contributed by atoms with Crippen LogP contribution in [0.5, 0.6) is 0 Å². The normalized spacial score (nSPS) is 16.2. The predicted octanol–water partition coefficient (Wildman–Crippen LogP) is 1.25. The number of aromatic nitrogens is 2. The highest BCUT2D eigenvalue weighted by atomic mass is 32.2. The number of hydrogen-bond acceptors (Lipinski definition) is 6. The number of sulfonamides is 1. The summed E-state index contributed by atoms with van der Waals surface area (Å²) in [4.78, 5) is 16.3. The van der Waals surface area contributed by atoms with Gasteiger partial charge in [-0.15, -0.1) is 0 Å². The summed E-state index contributed by atoms with van der Waals surface area (Å²) >= 11 is 0. The van der Waals surface area contributed by atoms with Gasteiger partial charge in [-0.05, 0) is 30.5 Å². The zero-order chi connectivity index (χ0) is 20.1. The highest BCUT2D eigenvalue weighted by Gasteiger charge is 2.28. The Morgan fingerprint density at radius 3 is 2.61 bits per heavy atom. The second kappa shape index (κ2) is 8.78. The summed E-state index contributed by atoms with van der Waals surface area (Å²) in [5.74, 6) is 0.588. The number of nitrogens with one attached hydrogen (secondary N) is 1. The van der Waals surface area contributed by atoms with Gasteiger partial charge < -0.3 is 9.84 Å². The summed E-state index contributed by atoms with van der Waals surface area (Å²) in [5.41, 5.74) is 0.736. The number of halogens is 1. The third kappa shape index (κ3) is 5.59. The van der Waals surface area contributed by atoms with E-state index in [-0.39, 0.29) is 24.1 Å². The molecule has 2 aromatic rings. The molecule has 1 amide bonds. The lowest BCUT2D eigenvalue weighted by atomic mass is 9.97. The monoisotopic (exact) mass is 410 g/mol. The van der Waals surface area contributed by atoms with Gasteiger partial charge in [-0.2, -0.15) is 4.98 Å². The molecular weight excluding hydrogens is 387 g/mol. The minimum atomic E-state index is -3.16. The summed E-state index contributed by atoms with van der Waals surface area (Å²) < 4.78 is 42.7. The molecule has 0 unspecified atom stereocenters. The Balaban J connectivity index is 1.42. The molecule has 1 aromatic carbocycles. The molecule has 28 heavy (non-hydrogen) atoms. The average molecular weight is 410 g/mol. The molecular formula is C18H23FN4O4S. The SMILES string of the molecule is CS(=O)(=O)N1CCC(c2noc(CCNC(=O)Cc3ccc(F)cc3)n2)CC1. The number of carbonyl (C=O) groups excluding carboxylic acids is 1. The van der Waals surface area contributed by atoms with Crippen molar-refractivity contribution in [3.05, 3.63) is 47.4 Å². The van der Waals surface area contributed by atoms with E-state index < -0.39 is 10.0 Å².